The van der Waals surface area contributed by atoms with Gasteiger partial charge in [0.05, 0.1) is 30.7 Å². The Balaban J connectivity index is 1.57. The number of amidine groups is 1. The van der Waals surface area contributed by atoms with Gasteiger partial charge in [0.15, 0.2) is 15.0 Å². The second-order valence-corrected chi connectivity index (χ2v) is 10.6. The third-order valence-electron chi connectivity index (χ3n) is 4.74. The summed E-state index contributed by atoms with van der Waals surface area (Å²) in [4.78, 5) is 6.86. The number of nitrogens with zero attached hydrogens (tertiary/aromatic N) is 2. The van der Waals surface area contributed by atoms with E-state index in [9.17, 15) is 8.42 Å². The predicted octanol–water partition coefficient (Wildman–Crippen LogP) is 3.73. The highest BCUT2D eigenvalue weighted by Crippen LogP contribution is 2.36. The maximum atomic E-state index is 12.1. The highest BCUT2D eigenvalue weighted by Gasteiger charge is 2.47. The van der Waals surface area contributed by atoms with Gasteiger partial charge in [0.25, 0.3) is 0 Å². The first-order valence-corrected chi connectivity index (χ1v) is 12.1. The summed E-state index contributed by atoms with van der Waals surface area (Å²) >= 11 is 5.10. The van der Waals surface area contributed by atoms with Crippen molar-refractivity contribution >= 4 is 48.4 Å². The van der Waals surface area contributed by atoms with E-state index in [0.717, 1.165) is 26.8 Å². The smallest absolute Gasteiger partial charge is 0.164 e. The van der Waals surface area contributed by atoms with Crippen LogP contribution in [-0.2, 0) is 15.6 Å². The fourth-order valence-corrected chi connectivity index (χ4v) is 6.59. The molecule has 142 valence electrons. The Kier molecular flexibility index (Phi) is 5.22. The lowest BCUT2D eigenvalue weighted by atomic mass is 10.1. The van der Waals surface area contributed by atoms with Crippen LogP contribution >= 0.6 is 27.7 Å². The van der Waals surface area contributed by atoms with E-state index in [1.54, 1.807) is 18.9 Å². The standard InChI is InChI=1S/C19H19BrN2O3S2/c1-25-16-8-2-13(3-9-16)10-26-19-21-17-11-27(23,24)12-18(17)22(19)15-6-4-14(20)5-7-15/h2-9,17-18H,10-12H2,1H3/t17-,18+/m1/s1. The van der Waals surface area contributed by atoms with E-state index >= 15 is 0 Å². The minimum atomic E-state index is -3.03. The number of sulfone groups is 1. The average Bonchev–Trinajstić information content (AvgIpc) is 3.12. The van der Waals surface area contributed by atoms with Crippen molar-refractivity contribution in [2.24, 2.45) is 4.99 Å². The van der Waals surface area contributed by atoms with E-state index in [4.69, 9.17) is 9.73 Å². The van der Waals surface area contributed by atoms with Crippen LogP contribution in [0.4, 0.5) is 5.69 Å². The summed E-state index contributed by atoms with van der Waals surface area (Å²) in [6.45, 7) is 0. The van der Waals surface area contributed by atoms with E-state index in [2.05, 4.69) is 20.8 Å². The number of fused-ring (bicyclic) bond motifs is 1. The van der Waals surface area contributed by atoms with Crippen molar-refractivity contribution in [2.75, 3.05) is 23.5 Å². The molecule has 2 aliphatic heterocycles. The third kappa shape index (κ3) is 4.02. The molecule has 0 saturated carbocycles. The first kappa shape index (κ1) is 18.8. The lowest BCUT2D eigenvalue weighted by Gasteiger charge is -2.26. The molecule has 2 aliphatic rings. The molecule has 1 fully saturated rings. The van der Waals surface area contributed by atoms with Gasteiger partial charge in [0.1, 0.15) is 5.75 Å². The van der Waals surface area contributed by atoms with Gasteiger partial charge in [-0.2, -0.15) is 0 Å². The number of rotatable bonds is 4. The van der Waals surface area contributed by atoms with Crippen LogP contribution in [0.1, 0.15) is 5.56 Å². The predicted molar refractivity (Wildman–Crippen MR) is 115 cm³/mol. The number of hydrogen-bond acceptors (Lipinski definition) is 6. The topological polar surface area (TPSA) is 59.0 Å². The summed E-state index contributed by atoms with van der Waals surface area (Å²) in [6.07, 6.45) is 0. The van der Waals surface area contributed by atoms with E-state index in [1.165, 1.54) is 5.56 Å². The molecule has 0 radical (unpaired) electrons. The van der Waals surface area contributed by atoms with E-state index in [1.807, 2.05) is 48.5 Å². The van der Waals surface area contributed by atoms with Gasteiger partial charge >= 0.3 is 0 Å². The molecule has 27 heavy (non-hydrogen) atoms. The van der Waals surface area contributed by atoms with Crippen molar-refractivity contribution < 1.29 is 13.2 Å². The maximum absolute atomic E-state index is 12.1. The van der Waals surface area contributed by atoms with Crippen molar-refractivity contribution in [3.63, 3.8) is 0 Å². The second kappa shape index (κ2) is 7.48. The molecule has 1 saturated heterocycles. The fraction of sp³-hybridized carbons (Fsp3) is 0.316. The molecule has 5 nitrogen and oxygen atoms in total. The largest absolute Gasteiger partial charge is 0.497 e. The zero-order valence-corrected chi connectivity index (χ0v) is 17.9. The van der Waals surface area contributed by atoms with Crippen LogP contribution in [0.15, 0.2) is 58.0 Å². The summed E-state index contributed by atoms with van der Waals surface area (Å²) in [7, 11) is -1.38. The van der Waals surface area contributed by atoms with Crippen LogP contribution in [0.2, 0.25) is 0 Å². The lowest BCUT2D eigenvalue weighted by Crippen LogP contribution is -2.39. The van der Waals surface area contributed by atoms with Gasteiger partial charge in [0, 0.05) is 15.9 Å². The Morgan fingerprint density at radius 1 is 1.15 bits per heavy atom. The number of hydrogen-bond donors (Lipinski definition) is 0. The number of aliphatic imine (C=N–C) groups is 1. The summed E-state index contributed by atoms with van der Waals surface area (Å²) in [5.74, 6) is 1.89. The summed E-state index contributed by atoms with van der Waals surface area (Å²) in [5.41, 5.74) is 2.15. The molecule has 0 aliphatic carbocycles. The summed E-state index contributed by atoms with van der Waals surface area (Å²) in [6, 6.07) is 15.6. The Labute approximate surface area is 171 Å². The van der Waals surface area contributed by atoms with E-state index in [0.29, 0.717) is 0 Å². The Morgan fingerprint density at radius 3 is 2.52 bits per heavy atom. The lowest BCUT2D eigenvalue weighted by molar-refractivity contribution is 0.414. The van der Waals surface area contributed by atoms with Crippen molar-refractivity contribution in [1.82, 2.24) is 0 Å². The zero-order valence-electron chi connectivity index (χ0n) is 14.7. The number of thioether (sulfide) groups is 1. The molecule has 0 amide bonds. The summed E-state index contributed by atoms with van der Waals surface area (Å²) < 4.78 is 30.4. The quantitative estimate of drug-likeness (QED) is 0.686. The minimum Gasteiger partial charge on any atom is -0.497 e. The number of methoxy groups -OCH3 is 1. The van der Waals surface area contributed by atoms with Crippen LogP contribution in [-0.4, -0.2) is 44.3 Å². The van der Waals surface area contributed by atoms with Crippen LogP contribution in [0.5, 0.6) is 5.75 Å². The molecular formula is C19H19BrN2O3S2. The van der Waals surface area contributed by atoms with Crippen molar-refractivity contribution in [3.8, 4) is 5.75 Å². The number of halogens is 1. The van der Waals surface area contributed by atoms with Crippen molar-refractivity contribution in [2.45, 2.75) is 17.8 Å². The molecule has 2 atom stereocenters. The van der Waals surface area contributed by atoms with Gasteiger partial charge in [-0.1, -0.05) is 39.8 Å². The van der Waals surface area contributed by atoms with Gasteiger partial charge in [0.2, 0.25) is 0 Å². The van der Waals surface area contributed by atoms with Crippen LogP contribution < -0.4 is 9.64 Å². The molecule has 4 rings (SSSR count). The molecule has 0 spiro atoms. The molecule has 0 bridgehead atoms. The first-order valence-electron chi connectivity index (χ1n) is 8.54. The maximum Gasteiger partial charge on any atom is 0.164 e. The summed E-state index contributed by atoms with van der Waals surface area (Å²) in [5, 5.41) is 0.887. The van der Waals surface area contributed by atoms with E-state index in [-0.39, 0.29) is 23.6 Å². The third-order valence-corrected chi connectivity index (χ3v) is 8.00. The van der Waals surface area contributed by atoms with Gasteiger partial charge in [-0.25, -0.2) is 8.42 Å². The number of benzene rings is 2. The molecule has 8 heteroatoms. The van der Waals surface area contributed by atoms with Crippen LogP contribution in [0.25, 0.3) is 0 Å². The van der Waals surface area contributed by atoms with Crippen LogP contribution in [0, 0.1) is 0 Å². The Hall–Kier alpha value is -1.51. The normalized spacial score (nSPS) is 23.2. The average molecular weight is 467 g/mol. The number of anilines is 1. The molecule has 0 aromatic heterocycles. The van der Waals surface area contributed by atoms with Crippen molar-refractivity contribution in [1.29, 1.82) is 0 Å². The van der Waals surface area contributed by atoms with Gasteiger partial charge in [-0.05, 0) is 42.0 Å². The first-order chi connectivity index (χ1) is 12.9. The highest BCUT2D eigenvalue weighted by atomic mass is 79.9. The molecular weight excluding hydrogens is 448 g/mol. The molecule has 2 aromatic carbocycles. The SMILES string of the molecule is COc1ccc(CSC2=N[C@@H]3CS(=O)(=O)C[C@@H]3N2c2ccc(Br)cc2)cc1. The Bertz CT molecular complexity index is 959. The van der Waals surface area contributed by atoms with E-state index < -0.39 is 9.84 Å². The van der Waals surface area contributed by atoms with Gasteiger partial charge < -0.3 is 9.64 Å². The monoisotopic (exact) mass is 466 g/mol. The van der Waals surface area contributed by atoms with Gasteiger partial charge in [-0.3, -0.25) is 4.99 Å². The molecule has 2 aromatic rings. The zero-order chi connectivity index (χ0) is 19.0. The minimum absolute atomic E-state index is 0.116. The molecule has 0 unspecified atom stereocenters. The highest BCUT2D eigenvalue weighted by molar-refractivity contribution is 9.10. The van der Waals surface area contributed by atoms with Crippen LogP contribution in [0.3, 0.4) is 0 Å². The molecule has 0 N–H and O–H groups in total. The van der Waals surface area contributed by atoms with Crippen molar-refractivity contribution in [3.05, 3.63) is 58.6 Å². The number of ether oxygens (including phenoxy) is 1. The van der Waals surface area contributed by atoms with Gasteiger partial charge in [-0.15, -0.1) is 0 Å². The second-order valence-electron chi connectivity index (χ2n) is 6.61. The Morgan fingerprint density at radius 2 is 1.85 bits per heavy atom. The molecule has 2 heterocycles. The fourth-order valence-electron chi connectivity index (χ4n) is 3.41.